The average Bonchev–Trinajstić information content (AvgIpc) is 3.32. The summed E-state index contributed by atoms with van der Waals surface area (Å²) in [4.78, 5) is 57.9. The Bertz CT molecular complexity index is 1920. The highest BCUT2D eigenvalue weighted by Crippen LogP contribution is 2.40. The number of carbonyl (C=O) groups is 4. The van der Waals surface area contributed by atoms with Crippen molar-refractivity contribution in [3.05, 3.63) is 53.6 Å². The fourth-order valence-electron chi connectivity index (χ4n) is 8.52. The molecule has 1 unspecified atom stereocenters. The zero-order valence-electron chi connectivity index (χ0n) is 32.5. The maximum absolute atomic E-state index is 13.7. The van der Waals surface area contributed by atoms with Crippen molar-refractivity contribution in [3.8, 4) is 6.07 Å². The third-order valence-electron chi connectivity index (χ3n) is 11.4. The number of amides is 4. The first-order valence-electron chi connectivity index (χ1n) is 19.3. The van der Waals surface area contributed by atoms with E-state index < -0.39 is 34.8 Å². The molecule has 3 saturated heterocycles. The molecule has 3 heterocycles. The first-order valence-corrected chi connectivity index (χ1v) is 19.8. The summed E-state index contributed by atoms with van der Waals surface area (Å²) in [6.45, 7) is 10.7. The second-order valence-corrected chi connectivity index (χ2v) is 16.3. The van der Waals surface area contributed by atoms with Crippen LogP contribution in [-0.2, 0) is 30.1 Å². The first kappa shape index (κ1) is 42.0. The summed E-state index contributed by atoms with van der Waals surface area (Å²) < 4.78 is 47.5. The van der Waals surface area contributed by atoms with Crippen LogP contribution >= 0.6 is 12.2 Å². The molecule has 4 aliphatic rings. The van der Waals surface area contributed by atoms with Crippen molar-refractivity contribution in [3.63, 3.8) is 0 Å². The smallest absolute Gasteiger partial charge is 0.377 e. The molecule has 3 atom stereocenters. The number of hydrogen-bond acceptors (Lipinski definition) is 10. The van der Waals surface area contributed by atoms with Gasteiger partial charge in [0.1, 0.15) is 11.6 Å². The predicted octanol–water partition coefficient (Wildman–Crippen LogP) is 4.87. The monoisotopic (exact) mass is 810 g/mol. The molecule has 13 nitrogen and oxygen atoms in total. The fraction of sp³-hybridized carbons (Fsp3) is 0.550. The standard InChI is InChI=1S/C40H49F3N8O5S/c1-24-21-48(22-25(2)49(24)23-35(53)46-28-7-5-6-27(18-28)45-33-14-15-34(52)47-36(33)54)16-17-56-31-12-10-29(11-13-31)51-38(57)50(37(55)39(51,3)4)30-9-8-26(20-44)32(19-30)40(41,42)43/h5-9,18-19,24-25,29,31,33,45H,10-17,21-23H2,1-4H3,(H,46,53)(H,47,52,54)/t24-,25+,29?,31?,33?. The van der Waals surface area contributed by atoms with E-state index in [1.54, 1.807) is 38.1 Å². The van der Waals surface area contributed by atoms with E-state index in [2.05, 4.69) is 39.6 Å². The van der Waals surface area contributed by atoms with Crippen molar-refractivity contribution in [2.75, 3.05) is 48.3 Å². The van der Waals surface area contributed by atoms with Crippen LogP contribution in [0.25, 0.3) is 0 Å². The van der Waals surface area contributed by atoms with Gasteiger partial charge < -0.3 is 20.3 Å². The lowest BCUT2D eigenvalue weighted by Gasteiger charge is -2.44. The summed E-state index contributed by atoms with van der Waals surface area (Å²) in [6, 6.07) is 11.6. The molecule has 57 heavy (non-hydrogen) atoms. The van der Waals surface area contributed by atoms with Crippen LogP contribution in [0.3, 0.4) is 0 Å². The molecule has 1 saturated carbocycles. The highest BCUT2D eigenvalue weighted by molar-refractivity contribution is 7.80. The molecule has 0 radical (unpaired) electrons. The quantitative estimate of drug-likeness (QED) is 0.211. The average molecular weight is 811 g/mol. The van der Waals surface area contributed by atoms with Crippen LogP contribution < -0.4 is 20.9 Å². The first-order chi connectivity index (χ1) is 27.0. The van der Waals surface area contributed by atoms with Crippen LogP contribution in [0.1, 0.15) is 77.3 Å². The third-order valence-corrected chi connectivity index (χ3v) is 11.8. The molecule has 6 rings (SSSR count). The molecule has 4 amide bonds. The lowest BCUT2D eigenvalue weighted by Crippen LogP contribution is -2.58. The predicted molar refractivity (Wildman–Crippen MR) is 211 cm³/mol. The van der Waals surface area contributed by atoms with Crippen molar-refractivity contribution >= 4 is 58.0 Å². The topological polar surface area (TPSA) is 150 Å². The highest BCUT2D eigenvalue weighted by atomic mass is 32.1. The number of nitrogens with zero attached hydrogens (tertiary/aromatic N) is 5. The highest BCUT2D eigenvalue weighted by Gasteiger charge is 2.52. The number of anilines is 3. The molecule has 4 fully saturated rings. The van der Waals surface area contributed by atoms with E-state index in [0.29, 0.717) is 37.2 Å². The minimum atomic E-state index is -4.76. The van der Waals surface area contributed by atoms with Crippen molar-refractivity contribution in [1.82, 2.24) is 20.0 Å². The number of hydrogen-bond donors (Lipinski definition) is 3. The van der Waals surface area contributed by atoms with Gasteiger partial charge in [-0.15, -0.1) is 0 Å². The number of imide groups is 1. The van der Waals surface area contributed by atoms with Crippen molar-refractivity contribution < 1.29 is 37.1 Å². The van der Waals surface area contributed by atoms with Gasteiger partial charge in [0.05, 0.1) is 42.1 Å². The maximum Gasteiger partial charge on any atom is 0.417 e. The fourth-order valence-corrected chi connectivity index (χ4v) is 9.08. The maximum atomic E-state index is 13.7. The molecule has 0 spiro atoms. The largest absolute Gasteiger partial charge is 0.417 e. The SMILES string of the molecule is C[C@@H]1CN(CCOC2CCC(N3C(=S)N(c4ccc(C#N)c(C(F)(F)F)c4)C(=O)C3(C)C)CC2)C[C@H](C)N1CC(=O)Nc1cccc(NC2CCC(=O)NC2=O)c1. The Hall–Kier alpha value is -4.63. The second-order valence-electron chi connectivity index (χ2n) is 15.9. The van der Waals surface area contributed by atoms with Gasteiger partial charge in [0.25, 0.3) is 5.91 Å². The molecule has 3 aliphatic heterocycles. The van der Waals surface area contributed by atoms with Crippen LogP contribution in [0.2, 0.25) is 0 Å². The van der Waals surface area contributed by atoms with Gasteiger partial charge in [-0.2, -0.15) is 18.4 Å². The normalized spacial score (nSPS) is 26.0. The van der Waals surface area contributed by atoms with Gasteiger partial charge >= 0.3 is 6.18 Å². The summed E-state index contributed by atoms with van der Waals surface area (Å²) in [5.41, 5.74) is -1.43. The Morgan fingerprint density at radius 2 is 1.70 bits per heavy atom. The summed E-state index contributed by atoms with van der Waals surface area (Å²) in [6.07, 6.45) is -1.18. The second kappa shape index (κ2) is 17.1. The molecule has 17 heteroatoms. The molecule has 1 aliphatic carbocycles. The number of piperazine rings is 1. The van der Waals surface area contributed by atoms with E-state index in [1.165, 1.54) is 6.07 Å². The molecule has 306 valence electrons. The van der Waals surface area contributed by atoms with Gasteiger partial charge in [-0.1, -0.05) is 6.07 Å². The number of thiocarbonyl (C=S) groups is 1. The molecular formula is C40H49F3N8O5S. The molecule has 3 N–H and O–H groups in total. The zero-order chi connectivity index (χ0) is 41.2. The molecule has 2 aromatic carbocycles. The summed E-state index contributed by atoms with van der Waals surface area (Å²) in [5, 5.41) is 17.8. The number of benzene rings is 2. The van der Waals surface area contributed by atoms with Gasteiger partial charge in [-0.25, -0.2) is 0 Å². The number of nitriles is 1. The van der Waals surface area contributed by atoms with Crippen LogP contribution in [0, 0.1) is 11.3 Å². The minimum absolute atomic E-state index is 0.0134. The molecular weight excluding hydrogens is 762 g/mol. The lowest BCUT2D eigenvalue weighted by molar-refractivity contribution is -0.138. The molecule has 0 bridgehead atoms. The van der Waals surface area contributed by atoms with E-state index in [1.807, 2.05) is 11.0 Å². The number of rotatable bonds is 11. The Labute approximate surface area is 335 Å². The van der Waals surface area contributed by atoms with Crippen LogP contribution in [0.5, 0.6) is 0 Å². The van der Waals surface area contributed by atoms with Gasteiger partial charge in [0.2, 0.25) is 17.7 Å². The number of nitrogens with one attached hydrogen (secondary N) is 3. The Kier molecular flexibility index (Phi) is 12.6. The third kappa shape index (κ3) is 9.41. The Balaban J connectivity index is 0.943. The lowest BCUT2D eigenvalue weighted by atomic mass is 9.89. The van der Waals surface area contributed by atoms with E-state index >= 15 is 0 Å². The number of piperidine rings is 1. The van der Waals surface area contributed by atoms with Gasteiger partial charge in [0, 0.05) is 55.6 Å². The van der Waals surface area contributed by atoms with Crippen molar-refractivity contribution in [2.24, 2.45) is 0 Å². The number of halogens is 3. The Morgan fingerprint density at radius 1 is 1.02 bits per heavy atom. The van der Waals surface area contributed by atoms with Crippen molar-refractivity contribution in [1.29, 1.82) is 5.26 Å². The van der Waals surface area contributed by atoms with E-state index in [4.69, 9.17) is 17.0 Å². The van der Waals surface area contributed by atoms with E-state index in [9.17, 15) is 37.6 Å². The number of carbonyl (C=O) groups excluding carboxylic acids is 4. The van der Waals surface area contributed by atoms with Gasteiger partial charge in [-0.05, 0) is 108 Å². The van der Waals surface area contributed by atoms with E-state index in [0.717, 1.165) is 49.5 Å². The summed E-state index contributed by atoms with van der Waals surface area (Å²) >= 11 is 5.74. The molecule has 2 aromatic rings. The van der Waals surface area contributed by atoms with Gasteiger partial charge in [-0.3, -0.25) is 39.2 Å². The number of alkyl halides is 3. The number of ether oxygens (including phenoxy) is 1. The summed E-state index contributed by atoms with van der Waals surface area (Å²) in [7, 11) is 0. The molecule has 0 aromatic heterocycles. The van der Waals surface area contributed by atoms with E-state index in [-0.39, 0.29) is 65.7 Å². The van der Waals surface area contributed by atoms with Crippen LogP contribution in [0.4, 0.5) is 30.2 Å². The minimum Gasteiger partial charge on any atom is -0.377 e. The zero-order valence-corrected chi connectivity index (χ0v) is 33.3. The summed E-state index contributed by atoms with van der Waals surface area (Å²) in [5.74, 6) is -1.20. The van der Waals surface area contributed by atoms with Crippen LogP contribution in [0.15, 0.2) is 42.5 Å². The van der Waals surface area contributed by atoms with Crippen LogP contribution in [-0.4, -0.2) is 112 Å². The Morgan fingerprint density at radius 3 is 2.35 bits per heavy atom. The van der Waals surface area contributed by atoms with Gasteiger partial charge in [0.15, 0.2) is 5.11 Å². The van der Waals surface area contributed by atoms with Crippen molar-refractivity contribution in [2.45, 2.75) is 108 Å².